The summed E-state index contributed by atoms with van der Waals surface area (Å²) >= 11 is 0. The summed E-state index contributed by atoms with van der Waals surface area (Å²) in [5.41, 5.74) is 3.31. The number of aromatic amines is 1. The number of hydrogen-bond acceptors (Lipinski definition) is 6. The van der Waals surface area contributed by atoms with Crippen molar-refractivity contribution in [2.45, 2.75) is 30.8 Å². The Morgan fingerprint density at radius 3 is 2.59 bits per heavy atom. The van der Waals surface area contributed by atoms with Gasteiger partial charge in [-0.1, -0.05) is 24.3 Å². The number of sulfonamides is 1. The highest BCUT2D eigenvalue weighted by Gasteiger charge is 2.21. The quantitative estimate of drug-likeness (QED) is 0.421. The van der Waals surface area contributed by atoms with Crippen LogP contribution >= 0.6 is 0 Å². The second-order valence-electron chi connectivity index (χ2n) is 8.10. The molecule has 176 valence electrons. The number of nitrogens with one attached hydrogen (secondary N) is 2. The molecule has 0 aliphatic carbocycles. The lowest BCUT2D eigenvalue weighted by atomic mass is 10.1. The number of hydrogen-bond donors (Lipinski definition) is 2. The van der Waals surface area contributed by atoms with E-state index < -0.39 is 20.7 Å². The van der Waals surface area contributed by atoms with Crippen molar-refractivity contribution in [3.8, 4) is 17.1 Å². The van der Waals surface area contributed by atoms with Gasteiger partial charge in [0.05, 0.1) is 29.8 Å². The van der Waals surface area contributed by atoms with Gasteiger partial charge in [-0.3, -0.25) is 9.82 Å². The van der Waals surface area contributed by atoms with E-state index in [9.17, 15) is 12.8 Å². The average Bonchev–Trinajstić information content (AvgIpc) is 3.21. The Bertz CT molecular complexity index is 1430. The Morgan fingerprint density at radius 2 is 1.85 bits per heavy atom. The second-order valence-corrected chi connectivity index (χ2v) is 9.75. The van der Waals surface area contributed by atoms with Crippen molar-refractivity contribution < 1.29 is 22.3 Å². The molecule has 3 heterocycles. The van der Waals surface area contributed by atoms with E-state index in [1.165, 1.54) is 18.2 Å². The zero-order valence-electron chi connectivity index (χ0n) is 18.4. The lowest BCUT2D eigenvalue weighted by Crippen LogP contribution is -2.26. The Hall–Kier alpha value is -3.50. The molecule has 4 aromatic rings. The number of nitrogens with zero attached hydrogens (tertiary/aromatic N) is 2. The number of aryl methyl sites for hydroxylation is 1. The molecule has 0 spiro atoms. The third-order valence-electron chi connectivity index (χ3n) is 5.69. The molecule has 0 atom stereocenters. The van der Waals surface area contributed by atoms with Crippen LogP contribution in [0, 0.1) is 12.7 Å². The van der Waals surface area contributed by atoms with Gasteiger partial charge in [0.2, 0.25) is 5.88 Å². The first-order valence-electron chi connectivity index (χ1n) is 10.9. The van der Waals surface area contributed by atoms with Crippen molar-refractivity contribution in [3.63, 3.8) is 0 Å². The topological polar surface area (TPSA) is 106 Å². The molecule has 0 amide bonds. The third kappa shape index (κ3) is 4.46. The van der Waals surface area contributed by atoms with Gasteiger partial charge in [0, 0.05) is 29.8 Å². The van der Waals surface area contributed by atoms with Crippen molar-refractivity contribution >= 4 is 26.6 Å². The van der Waals surface area contributed by atoms with Gasteiger partial charge < -0.3 is 9.47 Å². The second kappa shape index (κ2) is 9.03. The largest absolute Gasteiger partial charge is 0.474 e. The maximum Gasteiger partial charge on any atom is 0.264 e. The van der Waals surface area contributed by atoms with Crippen LogP contribution in [0.25, 0.3) is 22.2 Å². The highest BCUT2D eigenvalue weighted by molar-refractivity contribution is 7.92. The number of aromatic nitrogens is 3. The fourth-order valence-electron chi connectivity index (χ4n) is 3.92. The molecule has 2 aromatic heterocycles. The van der Waals surface area contributed by atoms with Crippen molar-refractivity contribution in [2.75, 3.05) is 17.9 Å². The predicted molar refractivity (Wildman–Crippen MR) is 126 cm³/mol. The molecule has 5 rings (SSSR count). The maximum absolute atomic E-state index is 14.0. The third-order valence-corrected chi connectivity index (χ3v) is 7.10. The standard InChI is InChI=1S/C24H23FN4O4S/c1-15-23-21(28-27-15)14-20(26-24(23)33-18-10-12-32-13-11-18)16-6-8-17(9-7-16)29-34(30,31)22-5-3-2-4-19(22)25/h2-9,14,18,29H,10-13H2,1H3,(H,27,28). The summed E-state index contributed by atoms with van der Waals surface area (Å²) in [7, 11) is -4.06. The minimum Gasteiger partial charge on any atom is -0.474 e. The predicted octanol–water partition coefficient (Wildman–Crippen LogP) is 4.43. The first kappa shape index (κ1) is 22.3. The van der Waals surface area contributed by atoms with Crippen LogP contribution in [-0.4, -0.2) is 42.9 Å². The van der Waals surface area contributed by atoms with Crippen molar-refractivity contribution in [3.05, 3.63) is 66.1 Å². The smallest absolute Gasteiger partial charge is 0.264 e. The number of rotatable bonds is 6. The minimum absolute atomic E-state index is 0.0177. The van der Waals surface area contributed by atoms with Crippen LogP contribution in [0.4, 0.5) is 10.1 Å². The molecule has 0 saturated carbocycles. The van der Waals surface area contributed by atoms with Crippen LogP contribution in [0.5, 0.6) is 5.88 Å². The lowest BCUT2D eigenvalue weighted by Gasteiger charge is -2.23. The van der Waals surface area contributed by atoms with Gasteiger partial charge in [-0.25, -0.2) is 17.8 Å². The van der Waals surface area contributed by atoms with E-state index in [0.717, 1.165) is 41.1 Å². The van der Waals surface area contributed by atoms with Gasteiger partial charge in [0.15, 0.2) is 0 Å². The molecule has 34 heavy (non-hydrogen) atoms. The number of ether oxygens (including phenoxy) is 2. The molecule has 2 N–H and O–H groups in total. The summed E-state index contributed by atoms with van der Waals surface area (Å²) in [6.45, 7) is 3.23. The Kier molecular flexibility index (Phi) is 5.93. The summed E-state index contributed by atoms with van der Waals surface area (Å²) in [5.74, 6) is -0.301. The molecule has 1 saturated heterocycles. The first-order chi connectivity index (χ1) is 16.4. The summed E-state index contributed by atoms with van der Waals surface area (Å²) in [6.07, 6.45) is 1.60. The number of halogens is 1. The normalized spacial score (nSPS) is 14.9. The highest BCUT2D eigenvalue weighted by Crippen LogP contribution is 2.32. The molecule has 1 aliphatic heterocycles. The van der Waals surface area contributed by atoms with Crippen LogP contribution in [-0.2, 0) is 14.8 Å². The summed E-state index contributed by atoms with van der Waals surface area (Å²) in [5, 5.41) is 8.19. The Balaban J connectivity index is 1.43. The number of pyridine rings is 1. The van der Waals surface area contributed by atoms with Gasteiger partial charge in [-0.15, -0.1) is 0 Å². The Morgan fingerprint density at radius 1 is 1.12 bits per heavy atom. The van der Waals surface area contributed by atoms with Crippen LogP contribution in [0.1, 0.15) is 18.5 Å². The van der Waals surface area contributed by atoms with Crippen molar-refractivity contribution in [2.24, 2.45) is 0 Å². The molecule has 0 unspecified atom stereocenters. The zero-order chi connectivity index (χ0) is 23.7. The SMILES string of the molecule is Cc1[nH]nc2cc(-c3ccc(NS(=O)(=O)c4ccccc4F)cc3)nc(OC3CCOCC3)c12. The molecule has 0 bridgehead atoms. The fourth-order valence-corrected chi connectivity index (χ4v) is 5.05. The van der Waals surface area contributed by atoms with Crippen LogP contribution < -0.4 is 9.46 Å². The minimum atomic E-state index is -4.06. The van der Waals surface area contributed by atoms with Crippen LogP contribution in [0.3, 0.4) is 0 Å². The van der Waals surface area contributed by atoms with Crippen molar-refractivity contribution in [1.82, 2.24) is 15.2 Å². The van der Waals surface area contributed by atoms with Gasteiger partial charge >= 0.3 is 0 Å². The molecular formula is C24H23FN4O4S. The summed E-state index contributed by atoms with van der Waals surface area (Å²) < 4.78 is 53.1. The van der Waals surface area contributed by atoms with E-state index >= 15 is 0 Å². The summed E-state index contributed by atoms with van der Waals surface area (Å²) in [4.78, 5) is 4.34. The van der Waals surface area contributed by atoms with E-state index in [-0.39, 0.29) is 6.10 Å². The number of benzene rings is 2. The van der Waals surface area contributed by atoms with Gasteiger partial charge in [0.25, 0.3) is 10.0 Å². The average molecular weight is 483 g/mol. The number of anilines is 1. The monoisotopic (exact) mass is 482 g/mol. The molecule has 10 heteroatoms. The van der Waals surface area contributed by atoms with E-state index in [4.69, 9.17) is 14.5 Å². The maximum atomic E-state index is 14.0. The first-order valence-corrected chi connectivity index (χ1v) is 12.4. The molecule has 2 aromatic carbocycles. The molecule has 8 nitrogen and oxygen atoms in total. The molecular weight excluding hydrogens is 459 g/mol. The molecule has 1 aliphatic rings. The molecule has 0 radical (unpaired) electrons. The van der Waals surface area contributed by atoms with Gasteiger partial charge in [0.1, 0.15) is 16.8 Å². The molecule has 1 fully saturated rings. The van der Waals surface area contributed by atoms with Crippen LogP contribution in [0.2, 0.25) is 0 Å². The van der Waals surface area contributed by atoms with Crippen molar-refractivity contribution in [1.29, 1.82) is 0 Å². The summed E-state index contributed by atoms with van der Waals surface area (Å²) in [6, 6.07) is 13.8. The van der Waals surface area contributed by atoms with E-state index in [1.54, 1.807) is 24.3 Å². The van der Waals surface area contributed by atoms with E-state index in [0.29, 0.717) is 30.5 Å². The fraction of sp³-hybridized carbons (Fsp3) is 0.250. The lowest BCUT2D eigenvalue weighted by molar-refractivity contribution is 0.0244. The Labute approximate surface area is 196 Å². The van der Waals surface area contributed by atoms with Gasteiger partial charge in [-0.2, -0.15) is 5.10 Å². The number of fused-ring (bicyclic) bond motifs is 1. The zero-order valence-corrected chi connectivity index (χ0v) is 19.2. The van der Waals surface area contributed by atoms with E-state index in [1.807, 2.05) is 13.0 Å². The van der Waals surface area contributed by atoms with Crippen LogP contribution in [0.15, 0.2) is 59.5 Å². The van der Waals surface area contributed by atoms with E-state index in [2.05, 4.69) is 14.9 Å². The van der Waals surface area contributed by atoms with Gasteiger partial charge in [-0.05, 0) is 37.3 Å². The number of H-pyrrole nitrogens is 1. The highest BCUT2D eigenvalue weighted by atomic mass is 32.2.